The number of benzene rings is 6. The highest BCUT2D eigenvalue weighted by atomic mass is 16.3. The van der Waals surface area contributed by atoms with E-state index >= 15 is 0 Å². The van der Waals surface area contributed by atoms with Gasteiger partial charge in [-0.1, -0.05) is 97.1 Å². The van der Waals surface area contributed by atoms with Crippen LogP contribution in [0.2, 0.25) is 0 Å². The fraction of sp³-hybridized carbons (Fsp3) is 0. The van der Waals surface area contributed by atoms with Crippen molar-refractivity contribution in [3.8, 4) is 45.3 Å². The van der Waals surface area contributed by atoms with Crippen molar-refractivity contribution in [2.45, 2.75) is 0 Å². The highest BCUT2D eigenvalue weighted by molar-refractivity contribution is 6.13. The third-order valence-corrected chi connectivity index (χ3v) is 9.17. The molecule has 0 fully saturated rings. The molecule has 0 amide bonds. The molecule has 0 atom stereocenters. The van der Waals surface area contributed by atoms with Gasteiger partial charge >= 0.3 is 0 Å². The van der Waals surface area contributed by atoms with Gasteiger partial charge in [-0.3, -0.25) is 9.59 Å². The largest absolute Gasteiger partial charge is 0.456 e. The van der Waals surface area contributed by atoms with Crippen molar-refractivity contribution in [2.24, 2.45) is 0 Å². The minimum atomic E-state index is -0.339. The number of para-hydroxylation sites is 1. The van der Waals surface area contributed by atoms with Crippen molar-refractivity contribution in [1.82, 2.24) is 24.0 Å². The summed E-state index contributed by atoms with van der Waals surface area (Å²) in [5.41, 5.74) is 6.51. The van der Waals surface area contributed by atoms with E-state index in [4.69, 9.17) is 19.4 Å². The highest BCUT2D eigenvalue weighted by Gasteiger charge is 2.20. The van der Waals surface area contributed by atoms with Crippen molar-refractivity contribution < 1.29 is 4.42 Å². The van der Waals surface area contributed by atoms with E-state index in [2.05, 4.69) is 6.07 Å². The summed E-state index contributed by atoms with van der Waals surface area (Å²) in [4.78, 5) is 41.5. The van der Waals surface area contributed by atoms with E-state index < -0.39 is 0 Å². The van der Waals surface area contributed by atoms with Gasteiger partial charge in [0.1, 0.15) is 11.2 Å². The van der Waals surface area contributed by atoms with Gasteiger partial charge in [0.15, 0.2) is 17.5 Å². The lowest BCUT2D eigenvalue weighted by molar-refractivity contribution is 0.669. The van der Waals surface area contributed by atoms with Crippen LogP contribution >= 0.6 is 0 Å². The Hall–Kier alpha value is -6.93. The molecule has 230 valence electrons. The van der Waals surface area contributed by atoms with Crippen LogP contribution in [-0.4, -0.2) is 24.0 Å². The molecule has 0 unspecified atom stereocenters. The first-order chi connectivity index (χ1) is 24.1. The molecule has 8 heteroatoms. The number of hydrogen-bond donors (Lipinski definition) is 0. The first-order valence-corrected chi connectivity index (χ1v) is 15.9. The van der Waals surface area contributed by atoms with Crippen LogP contribution in [0.25, 0.3) is 89.0 Å². The monoisotopic (exact) mass is 633 g/mol. The molecule has 4 heterocycles. The Kier molecular flexibility index (Phi) is 5.71. The third kappa shape index (κ3) is 4.07. The summed E-state index contributed by atoms with van der Waals surface area (Å²) in [5.74, 6) is 1.69. The molecule has 10 rings (SSSR count). The van der Waals surface area contributed by atoms with E-state index in [1.54, 1.807) is 16.6 Å². The fourth-order valence-electron chi connectivity index (χ4n) is 6.88. The molecular formula is C41H23N5O3. The molecule has 0 spiro atoms. The van der Waals surface area contributed by atoms with Crippen LogP contribution < -0.4 is 11.1 Å². The van der Waals surface area contributed by atoms with Crippen molar-refractivity contribution in [3.63, 3.8) is 0 Å². The Labute approximate surface area is 277 Å². The standard InChI is InChI=1S/C41H23N5O3/c47-40-28-14-7-8-16-32(28)45-33-20-18-26(22-30(33)41(48)46(40)45)27-19-21-34-31(23-27)36-29(15-9-17-35(36)49-34)39-43-37(24-10-3-1-4-11-24)42-38(44-39)25-12-5-2-6-13-25/h1-23H. The topological polar surface area (TPSA) is 94.8 Å². The maximum Gasteiger partial charge on any atom is 0.282 e. The zero-order valence-corrected chi connectivity index (χ0v) is 25.7. The smallest absolute Gasteiger partial charge is 0.282 e. The molecule has 6 aromatic carbocycles. The highest BCUT2D eigenvalue weighted by Crippen LogP contribution is 2.38. The first-order valence-electron chi connectivity index (χ1n) is 15.9. The normalized spacial score (nSPS) is 11.8. The SMILES string of the molecule is O=c1c2ccccc2n2c3ccc(-c4ccc5oc6cccc(-c7nc(-c8ccccc8)nc(-c8ccccc8)n7)c6c5c4)cc3c(=O)n12. The molecule has 4 aromatic heterocycles. The molecule has 0 aliphatic carbocycles. The summed E-state index contributed by atoms with van der Waals surface area (Å²) in [5, 5.41) is 2.77. The van der Waals surface area contributed by atoms with Gasteiger partial charge in [0.2, 0.25) is 0 Å². The molecule has 0 aliphatic heterocycles. The Bertz CT molecular complexity index is 2980. The van der Waals surface area contributed by atoms with Crippen LogP contribution in [0.5, 0.6) is 0 Å². The van der Waals surface area contributed by atoms with Crippen LogP contribution in [-0.2, 0) is 0 Å². The van der Waals surface area contributed by atoms with E-state index in [-0.39, 0.29) is 11.1 Å². The van der Waals surface area contributed by atoms with Crippen molar-refractivity contribution in [1.29, 1.82) is 0 Å². The molecule has 49 heavy (non-hydrogen) atoms. The zero-order chi connectivity index (χ0) is 32.6. The van der Waals surface area contributed by atoms with Crippen LogP contribution in [0, 0.1) is 0 Å². The molecular weight excluding hydrogens is 610 g/mol. The molecule has 0 N–H and O–H groups in total. The molecule has 10 aromatic rings. The molecule has 0 radical (unpaired) electrons. The quantitative estimate of drug-likeness (QED) is 0.194. The van der Waals surface area contributed by atoms with E-state index in [0.29, 0.717) is 44.9 Å². The Morgan fingerprint density at radius 1 is 0.429 bits per heavy atom. The van der Waals surface area contributed by atoms with E-state index in [0.717, 1.165) is 44.2 Å². The molecule has 0 bridgehead atoms. The Balaban J connectivity index is 1.17. The van der Waals surface area contributed by atoms with Crippen LogP contribution in [0.4, 0.5) is 0 Å². The lowest BCUT2D eigenvalue weighted by Crippen LogP contribution is -2.21. The lowest BCUT2D eigenvalue weighted by atomic mass is 9.99. The molecule has 0 saturated heterocycles. The van der Waals surface area contributed by atoms with Gasteiger partial charge in [-0.2, -0.15) is 4.52 Å². The average molecular weight is 634 g/mol. The maximum absolute atomic E-state index is 13.6. The fourth-order valence-corrected chi connectivity index (χ4v) is 6.88. The van der Waals surface area contributed by atoms with Gasteiger partial charge < -0.3 is 4.42 Å². The minimum absolute atomic E-state index is 0.318. The zero-order valence-electron chi connectivity index (χ0n) is 25.7. The van der Waals surface area contributed by atoms with Crippen LogP contribution in [0.3, 0.4) is 0 Å². The van der Waals surface area contributed by atoms with Gasteiger partial charge in [-0.25, -0.2) is 19.5 Å². The van der Waals surface area contributed by atoms with Crippen molar-refractivity contribution in [2.75, 3.05) is 0 Å². The second-order valence-corrected chi connectivity index (χ2v) is 12.0. The van der Waals surface area contributed by atoms with Gasteiger partial charge in [0, 0.05) is 27.5 Å². The Morgan fingerprint density at radius 3 is 1.76 bits per heavy atom. The summed E-state index contributed by atoms with van der Waals surface area (Å²) in [6, 6.07) is 44.7. The maximum atomic E-state index is 13.6. The molecule has 8 nitrogen and oxygen atoms in total. The van der Waals surface area contributed by atoms with Crippen molar-refractivity contribution >= 4 is 43.7 Å². The number of furan rings is 1. The summed E-state index contributed by atoms with van der Waals surface area (Å²) in [7, 11) is 0. The lowest BCUT2D eigenvalue weighted by Gasteiger charge is -2.09. The second kappa shape index (κ2) is 10.3. The predicted molar refractivity (Wildman–Crippen MR) is 192 cm³/mol. The van der Waals surface area contributed by atoms with Gasteiger partial charge in [0.05, 0.1) is 21.8 Å². The summed E-state index contributed by atoms with van der Waals surface area (Å²) >= 11 is 0. The summed E-state index contributed by atoms with van der Waals surface area (Å²) < 4.78 is 9.28. The van der Waals surface area contributed by atoms with Gasteiger partial charge in [-0.15, -0.1) is 0 Å². The van der Waals surface area contributed by atoms with E-state index in [1.807, 2.05) is 121 Å². The molecule has 0 aliphatic rings. The van der Waals surface area contributed by atoms with Crippen molar-refractivity contribution in [3.05, 3.63) is 160 Å². The van der Waals surface area contributed by atoms with E-state index in [9.17, 15) is 9.59 Å². The third-order valence-electron chi connectivity index (χ3n) is 9.17. The molecule has 0 saturated carbocycles. The van der Waals surface area contributed by atoms with Crippen LogP contribution in [0.1, 0.15) is 0 Å². The minimum Gasteiger partial charge on any atom is -0.456 e. The van der Waals surface area contributed by atoms with Crippen LogP contribution in [0.15, 0.2) is 154 Å². The number of fused-ring (bicyclic) bond motifs is 8. The second-order valence-electron chi connectivity index (χ2n) is 12.0. The van der Waals surface area contributed by atoms with E-state index in [1.165, 1.54) is 4.52 Å². The summed E-state index contributed by atoms with van der Waals surface area (Å²) in [6.07, 6.45) is 0. The van der Waals surface area contributed by atoms with Gasteiger partial charge in [-0.05, 0) is 53.6 Å². The number of hydrogen-bond acceptors (Lipinski definition) is 6. The number of rotatable bonds is 4. The number of aromatic nitrogens is 5. The number of nitrogens with zero attached hydrogens (tertiary/aromatic N) is 5. The average Bonchev–Trinajstić information content (AvgIpc) is 3.79. The predicted octanol–water partition coefficient (Wildman–Crippen LogP) is 8.26. The Morgan fingerprint density at radius 2 is 1.02 bits per heavy atom. The first kappa shape index (κ1) is 27.2. The van der Waals surface area contributed by atoms with Gasteiger partial charge in [0.25, 0.3) is 11.1 Å². The summed E-state index contributed by atoms with van der Waals surface area (Å²) in [6.45, 7) is 0.